The van der Waals surface area contributed by atoms with Crippen LogP contribution >= 0.6 is 11.6 Å². The maximum atomic E-state index is 11.0. The van der Waals surface area contributed by atoms with E-state index in [1.165, 1.54) is 14.2 Å². The minimum Gasteiger partial charge on any atom is -0.493 e. The number of fused-ring (bicyclic) bond motifs is 1. The van der Waals surface area contributed by atoms with Crippen molar-refractivity contribution in [3.05, 3.63) is 17.4 Å². The molecule has 0 bridgehead atoms. The average molecular weight is 283 g/mol. The molecule has 2 rings (SSSR count). The van der Waals surface area contributed by atoms with Crippen LogP contribution in [0.2, 0.25) is 5.28 Å². The molecule has 8 heteroatoms. The summed E-state index contributed by atoms with van der Waals surface area (Å²) in [5, 5.41) is 2.92. The van der Waals surface area contributed by atoms with Crippen LogP contribution in [0.1, 0.15) is 0 Å². The van der Waals surface area contributed by atoms with Crippen LogP contribution in [0.25, 0.3) is 10.9 Å². The Kier molecular flexibility index (Phi) is 3.57. The number of ether oxygens (including phenoxy) is 2. The molecule has 0 radical (unpaired) electrons. The molecule has 0 saturated carbocycles. The summed E-state index contributed by atoms with van der Waals surface area (Å²) in [6, 6.07) is 2.52. The van der Waals surface area contributed by atoms with Crippen molar-refractivity contribution < 1.29 is 14.3 Å². The molecule has 2 amide bonds. The van der Waals surface area contributed by atoms with E-state index < -0.39 is 6.03 Å². The number of carbonyl (C=O) groups is 1. The van der Waals surface area contributed by atoms with Gasteiger partial charge in [0.15, 0.2) is 11.5 Å². The van der Waals surface area contributed by atoms with E-state index in [1.807, 2.05) is 0 Å². The summed E-state index contributed by atoms with van der Waals surface area (Å²) in [7, 11) is 3.01. The Morgan fingerprint density at radius 2 is 1.89 bits per heavy atom. The van der Waals surface area contributed by atoms with Crippen LogP contribution in [-0.4, -0.2) is 30.2 Å². The molecule has 0 saturated heterocycles. The third-order valence-electron chi connectivity index (χ3n) is 2.42. The summed E-state index contributed by atoms with van der Waals surface area (Å²) in [6.45, 7) is 0. The SMILES string of the molecule is COc1cc2nc(Cl)nc(NC(N)=O)c2cc1OC. The number of urea groups is 1. The molecule has 7 nitrogen and oxygen atoms in total. The van der Waals surface area contributed by atoms with Crippen LogP contribution in [0.5, 0.6) is 11.5 Å². The number of amides is 2. The minimum absolute atomic E-state index is 0.0107. The molecule has 1 aromatic carbocycles. The van der Waals surface area contributed by atoms with E-state index in [4.69, 9.17) is 26.8 Å². The van der Waals surface area contributed by atoms with Gasteiger partial charge in [-0.2, -0.15) is 4.98 Å². The van der Waals surface area contributed by atoms with Gasteiger partial charge >= 0.3 is 6.03 Å². The quantitative estimate of drug-likeness (QED) is 0.836. The van der Waals surface area contributed by atoms with Crippen molar-refractivity contribution >= 4 is 34.4 Å². The van der Waals surface area contributed by atoms with Gasteiger partial charge in [-0.15, -0.1) is 0 Å². The second kappa shape index (κ2) is 5.15. The zero-order valence-electron chi connectivity index (χ0n) is 10.2. The highest BCUT2D eigenvalue weighted by atomic mass is 35.5. The van der Waals surface area contributed by atoms with Gasteiger partial charge in [-0.3, -0.25) is 5.32 Å². The van der Waals surface area contributed by atoms with Crippen molar-refractivity contribution in [1.82, 2.24) is 9.97 Å². The molecule has 19 heavy (non-hydrogen) atoms. The van der Waals surface area contributed by atoms with Crippen LogP contribution in [0.3, 0.4) is 0 Å². The third kappa shape index (κ3) is 2.60. The van der Waals surface area contributed by atoms with Gasteiger partial charge in [0, 0.05) is 11.5 Å². The number of nitrogens with one attached hydrogen (secondary N) is 1. The molecule has 0 aliphatic rings. The minimum atomic E-state index is -0.745. The molecule has 1 heterocycles. The number of methoxy groups -OCH3 is 2. The van der Waals surface area contributed by atoms with E-state index in [9.17, 15) is 4.79 Å². The smallest absolute Gasteiger partial charge is 0.317 e. The number of rotatable bonds is 3. The summed E-state index contributed by atoms with van der Waals surface area (Å²) in [5.74, 6) is 1.19. The normalized spacial score (nSPS) is 10.3. The summed E-state index contributed by atoms with van der Waals surface area (Å²) in [6.07, 6.45) is 0. The maximum absolute atomic E-state index is 11.0. The van der Waals surface area contributed by atoms with Gasteiger partial charge in [0.25, 0.3) is 0 Å². The number of nitrogens with two attached hydrogens (primary N) is 1. The Balaban J connectivity index is 2.71. The maximum Gasteiger partial charge on any atom is 0.317 e. The second-order valence-electron chi connectivity index (χ2n) is 3.55. The van der Waals surface area contributed by atoms with Crippen molar-refractivity contribution in [3.63, 3.8) is 0 Å². The first-order valence-electron chi connectivity index (χ1n) is 5.21. The zero-order valence-corrected chi connectivity index (χ0v) is 11.0. The molecular formula is C11H11ClN4O3. The highest BCUT2D eigenvalue weighted by molar-refractivity contribution is 6.29. The first kappa shape index (κ1) is 13.2. The number of benzene rings is 1. The standard InChI is InChI=1S/C11H11ClN4O3/c1-18-7-3-5-6(4-8(7)19-2)14-10(12)15-9(5)16-11(13)17/h3-4H,1-2H3,(H3,13,14,15,16,17). The lowest BCUT2D eigenvalue weighted by Gasteiger charge is -2.11. The molecule has 1 aromatic heterocycles. The number of primary amides is 1. The summed E-state index contributed by atoms with van der Waals surface area (Å²) < 4.78 is 10.3. The Labute approximate surface area is 113 Å². The van der Waals surface area contributed by atoms with Gasteiger partial charge in [-0.05, 0) is 17.7 Å². The largest absolute Gasteiger partial charge is 0.493 e. The van der Waals surface area contributed by atoms with Crippen molar-refractivity contribution in [3.8, 4) is 11.5 Å². The predicted octanol–water partition coefficient (Wildman–Crippen LogP) is 1.79. The molecule has 0 unspecified atom stereocenters. The van der Waals surface area contributed by atoms with Crippen LogP contribution in [0.15, 0.2) is 12.1 Å². The highest BCUT2D eigenvalue weighted by Crippen LogP contribution is 2.34. The zero-order chi connectivity index (χ0) is 14.0. The molecule has 0 fully saturated rings. The molecule has 0 spiro atoms. The van der Waals surface area contributed by atoms with Gasteiger partial charge in [0.2, 0.25) is 5.28 Å². The van der Waals surface area contributed by atoms with Crippen molar-refractivity contribution in [2.75, 3.05) is 19.5 Å². The van der Waals surface area contributed by atoms with Gasteiger partial charge in [-0.1, -0.05) is 0 Å². The first-order chi connectivity index (χ1) is 9.05. The Morgan fingerprint density at radius 3 is 2.47 bits per heavy atom. The predicted molar refractivity (Wildman–Crippen MR) is 70.9 cm³/mol. The van der Waals surface area contributed by atoms with Gasteiger partial charge in [-0.25, -0.2) is 9.78 Å². The lowest BCUT2D eigenvalue weighted by Crippen LogP contribution is -2.20. The van der Waals surface area contributed by atoms with Crippen LogP contribution in [0.4, 0.5) is 10.6 Å². The van der Waals surface area contributed by atoms with Gasteiger partial charge < -0.3 is 15.2 Å². The van der Waals surface area contributed by atoms with E-state index in [0.717, 1.165) is 0 Å². The summed E-state index contributed by atoms with van der Waals surface area (Å²) >= 11 is 5.79. The monoisotopic (exact) mass is 282 g/mol. The Morgan fingerprint density at radius 1 is 1.26 bits per heavy atom. The fourth-order valence-corrected chi connectivity index (χ4v) is 1.81. The number of nitrogens with zero attached hydrogens (tertiary/aromatic N) is 2. The van der Waals surface area contributed by atoms with Gasteiger partial charge in [0.1, 0.15) is 5.82 Å². The molecule has 0 atom stereocenters. The van der Waals surface area contributed by atoms with E-state index in [-0.39, 0.29) is 11.1 Å². The van der Waals surface area contributed by atoms with E-state index in [2.05, 4.69) is 15.3 Å². The Bertz CT molecular complexity index is 647. The average Bonchev–Trinajstić information content (AvgIpc) is 2.36. The molecule has 3 N–H and O–H groups in total. The van der Waals surface area contributed by atoms with Crippen LogP contribution in [0, 0.1) is 0 Å². The highest BCUT2D eigenvalue weighted by Gasteiger charge is 2.13. The number of anilines is 1. The molecule has 0 aliphatic heterocycles. The topological polar surface area (TPSA) is 99.4 Å². The lowest BCUT2D eigenvalue weighted by molar-refractivity contribution is 0.259. The number of aromatic nitrogens is 2. The first-order valence-corrected chi connectivity index (χ1v) is 5.58. The van der Waals surface area contributed by atoms with E-state index in [1.54, 1.807) is 12.1 Å². The molecule has 2 aromatic rings. The summed E-state index contributed by atoms with van der Waals surface area (Å²) in [4.78, 5) is 18.9. The third-order valence-corrected chi connectivity index (χ3v) is 2.58. The van der Waals surface area contributed by atoms with Crippen LogP contribution in [-0.2, 0) is 0 Å². The molecular weight excluding hydrogens is 272 g/mol. The number of hydrogen-bond donors (Lipinski definition) is 2. The fraction of sp³-hybridized carbons (Fsp3) is 0.182. The number of carbonyl (C=O) groups excluding carboxylic acids is 1. The van der Waals surface area contributed by atoms with Crippen LogP contribution < -0.4 is 20.5 Å². The van der Waals surface area contributed by atoms with Crippen molar-refractivity contribution in [1.29, 1.82) is 0 Å². The second-order valence-corrected chi connectivity index (χ2v) is 3.89. The Hall–Kier alpha value is -2.28. The number of halogens is 1. The van der Waals surface area contributed by atoms with Gasteiger partial charge in [0.05, 0.1) is 19.7 Å². The summed E-state index contributed by atoms with van der Waals surface area (Å²) in [5.41, 5.74) is 5.58. The van der Waals surface area contributed by atoms with Crippen molar-refractivity contribution in [2.45, 2.75) is 0 Å². The number of hydrogen-bond acceptors (Lipinski definition) is 5. The van der Waals surface area contributed by atoms with E-state index in [0.29, 0.717) is 22.4 Å². The molecule has 100 valence electrons. The van der Waals surface area contributed by atoms with E-state index >= 15 is 0 Å². The van der Waals surface area contributed by atoms with Crippen molar-refractivity contribution in [2.24, 2.45) is 5.73 Å². The lowest BCUT2D eigenvalue weighted by atomic mass is 10.2. The molecule has 0 aliphatic carbocycles. The fourth-order valence-electron chi connectivity index (χ4n) is 1.64.